The Bertz CT molecular complexity index is 707. The number of nitro groups is 1. The number of hydrogen-bond acceptors (Lipinski definition) is 8. The number of rotatable bonds is 3. The molecule has 21 heavy (non-hydrogen) atoms. The number of carboxylic acids is 1. The van der Waals surface area contributed by atoms with E-state index in [0.29, 0.717) is 10.8 Å². The lowest BCUT2D eigenvalue weighted by Gasteiger charge is -2.16. The molecule has 0 unspecified atom stereocenters. The van der Waals surface area contributed by atoms with Crippen molar-refractivity contribution in [2.45, 2.75) is 24.5 Å². The van der Waals surface area contributed by atoms with Crippen LogP contribution in [0.15, 0.2) is 15.8 Å². The van der Waals surface area contributed by atoms with Crippen molar-refractivity contribution < 1.29 is 29.8 Å². The van der Waals surface area contributed by atoms with Gasteiger partial charge in [-0.15, -0.1) is 0 Å². The van der Waals surface area contributed by atoms with Gasteiger partial charge in [0.1, 0.15) is 12.2 Å². The van der Waals surface area contributed by atoms with E-state index in [9.17, 15) is 34.7 Å². The molecule has 1 aromatic heterocycles. The fourth-order valence-electron chi connectivity index (χ4n) is 1.89. The Labute approximate surface area is 114 Å². The van der Waals surface area contributed by atoms with Crippen molar-refractivity contribution in [3.05, 3.63) is 37.1 Å². The van der Waals surface area contributed by atoms with Crippen LogP contribution in [-0.2, 0) is 9.53 Å². The van der Waals surface area contributed by atoms with E-state index in [0.717, 1.165) is 0 Å². The molecule has 0 bridgehead atoms. The highest BCUT2D eigenvalue weighted by molar-refractivity contribution is 5.73. The topological polar surface area (TPSA) is 185 Å². The number of nitrogens with zero attached hydrogens (tertiary/aromatic N) is 2. The number of aliphatic hydroxyl groups excluding tert-OH is 2. The summed E-state index contributed by atoms with van der Waals surface area (Å²) in [5.41, 5.74) is -3.42. The molecule has 1 saturated heterocycles. The number of aliphatic carboxylic acids is 1. The highest BCUT2D eigenvalue weighted by Gasteiger charge is 2.48. The van der Waals surface area contributed by atoms with E-state index >= 15 is 0 Å². The van der Waals surface area contributed by atoms with E-state index in [1.807, 2.05) is 0 Å². The first-order valence-electron chi connectivity index (χ1n) is 5.48. The zero-order chi connectivity index (χ0) is 15.9. The van der Waals surface area contributed by atoms with Crippen molar-refractivity contribution >= 4 is 11.7 Å². The lowest BCUT2D eigenvalue weighted by molar-refractivity contribution is -0.387. The summed E-state index contributed by atoms with van der Waals surface area (Å²) in [6, 6.07) is 0. The van der Waals surface area contributed by atoms with Crippen LogP contribution in [-0.4, -0.2) is 54.1 Å². The summed E-state index contributed by atoms with van der Waals surface area (Å²) < 4.78 is 5.25. The molecular weight excluding hydrogens is 294 g/mol. The number of aromatic nitrogens is 2. The van der Waals surface area contributed by atoms with Crippen LogP contribution in [0.4, 0.5) is 5.69 Å². The first kappa shape index (κ1) is 14.8. The van der Waals surface area contributed by atoms with Crippen LogP contribution >= 0.6 is 0 Å². The molecule has 0 radical (unpaired) electrons. The van der Waals surface area contributed by atoms with Gasteiger partial charge < -0.3 is 20.1 Å². The molecule has 1 fully saturated rings. The number of carboxylic acid groups (broad SMARTS) is 1. The zero-order valence-electron chi connectivity index (χ0n) is 10.1. The van der Waals surface area contributed by atoms with Crippen molar-refractivity contribution in [1.29, 1.82) is 0 Å². The number of hydrogen-bond donors (Lipinski definition) is 4. The fraction of sp³-hybridized carbons (Fsp3) is 0.444. The number of H-pyrrole nitrogens is 1. The van der Waals surface area contributed by atoms with Crippen LogP contribution in [0.5, 0.6) is 0 Å². The van der Waals surface area contributed by atoms with Gasteiger partial charge >= 0.3 is 22.9 Å². The maximum atomic E-state index is 11.6. The normalized spacial score (nSPS) is 28.5. The molecule has 12 heteroatoms. The predicted octanol–water partition coefficient (Wildman–Crippen LogP) is -2.85. The molecule has 114 valence electrons. The summed E-state index contributed by atoms with van der Waals surface area (Å²) in [7, 11) is 0. The minimum absolute atomic E-state index is 0.441. The molecule has 2 rings (SSSR count). The summed E-state index contributed by atoms with van der Waals surface area (Å²) in [5.74, 6) is -1.59. The molecule has 4 N–H and O–H groups in total. The van der Waals surface area contributed by atoms with E-state index < -0.39 is 52.4 Å². The van der Waals surface area contributed by atoms with E-state index in [1.54, 1.807) is 4.98 Å². The summed E-state index contributed by atoms with van der Waals surface area (Å²) in [6.07, 6.45) is -6.67. The van der Waals surface area contributed by atoms with Gasteiger partial charge in [0, 0.05) is 0 Å². The van der Waals surface area contributed by atoms with Crippen molar-refractivity contribution in [3.8, 4) is 0 Å². The summed E-state index contributed by atoms with van der Waals surface area (Å²) in [5, 5.41) is 38.6. The molecule has 0 saturated carbocycles. The Morgan fingerprint density at radius 2 is 2.00 bits per heavy atom. The molecule has 1 aromatic rings. The van der Waals surface area contributed by atoms with Crippen molar-refractivity contribution in [2.24, 2.45) is 0 Å². The molecule has 0 aromatic carbocycles. The van der Waals surface area contributed by atoms with Crippen molar-refractivity contribution in [2.75, 3.05) is 0 Å². The van der Waals surface area contributed by atoms with Gasteiger partial charge in [-0.05, 0) is 0 Å². The van der Waals surface area contributed by atoms with E-state index in [4.69, 9.17) is 9.84 Å². The van der Waals surface area contributed by atoms with Gasteiger partial charge in [-0.2, -0.15) is 0 Å². The van der Waals surface area contributed by atoms with Crippen LogP contribution < -0.4 is 11.2 Å². The largest absolute Gasteiger partial charge is 0.479 e. The molecule has 1 aliphatic heterocycles. The van der Waals surface area contributed by atoms with Crippen LogP contribution in [0.2, 0.25) is 0 Å². The highest BCUT2D eigenvalue weighted by Crippen LogP contribution is 2.28. The average molecular weight is 303 g/mol. The zero-order valence-corrected chi connectivity index (χ0v) is 10.1. The van der Waals surface area contributed by atoms with Crippen LogP contribution in [0.25, 0.3) is 0 Å². The van der Waals surface area contributed by atoms with Gasteiger partial charge in [-0.25, -0.2) is 9.59 Å². The van der Waals surface area contributed by atoms with E-state index in [2.05, 4.69) is 0 Å². The molecule has 4 atom stereocenters. The molecule has 1 aliphatic rings. The average Bonchev–Trinajstić information content (AvgIpc) is 2.66. The lowest BCUT2D eigenvalue weighted by Crippen LogP contribution is -2.38. The molecule has 12 nitrogen and oxygen atoms in total. The fourth-order valence-corrected chi connectivity index (χ4v) is 1.89. The summed E-state index contributed by atoms with van der Waals surface area (Å²) in [6.45, 7) is 0. The van der Waals surface area contributed by atoms with Crippen molar-refractivity contribution in [3.63, 3.8) is 0 Å². The van der Waals surface area contributed by atoms with Crippen LogP contribution in [0.1, 0.15) is 6.23 Å². The van der Waals surface area contributed by atoms with E-state index in [-0.39, 0.29) is 0 Å². The maximum absolute atomic E-state index is 11.6. The number of nitrogens with one attached hydrogen (secondary N) is 1. The second-order valence-electron chi connectivity index (χ2n) is 4.20. The summed E-state index contributed by atoms with van der Waals surface area (Å²) in [4.78, 5) is 44.8. The second-order valence-corrected chi connectivity index (χ2v) is 4.20. The standard InChI is InChI=1S/C9H9N3O9/c13-3-4(14)7(21-5(3)8(16)17)11-1-2(12(19)20)6(15)10-9(11)18/h1,3-5,7,13-14H,(H,16,17)(H,10,15,18)/t3-,4-,5+,7-/m0/s1. The van der Waals surface area contributed by atoms with Gasteiger partial charge in [0.25, 0.3) is 0 Å². The third-order valence-electron chi connectivity index (χ3n) is 2.90. The Morgan fingerprint density at radius 3 is 2.48 bits per heavy atom. The number of carbonyl (C=O) groups is 1. The lowest BCUT2D eigenvalue weighted by atomic mass is 10.1. The van der Waals surface area contributed by atoms with Gasteiger partial charge in [-0.3, -0.25) is 24.5 Å². The molecular formula is C9H9N3O9. The molecule has 2 heterocycles. The minimum atomic E-state index is -1.84. The quantitative estimate of drug-likeness (QED) is 0.337. The summed E-state index contributed by atoms with van der Waals surface area (Å²) >= 11 is 0. The highest BCUT2D eigenvalue weighted by atomic mass is 16.6. The predicted molar refractivity (Wildman–Crippen MR) is 61.5 cm³/mol. The van der Waals surface area contributed by atoms with Gasteiger partial charge in [0.15, 0.2) is 12.3 Å². The molecule has 0 aliphatic carbocycles. The smallest absolute Gasteiger partial charge is 0.350 e. The minimum Gasteiger partial charge on any atom is -0.479 e. The van der Waals surface area contributed by atoms with Gasteiger partial charge in [0.2, 0.25) is 0 Å². The Morgan fingerprint density at radius 1 is 1.38 bits per heavy atom. The van der Waals surface area contributed by atoms with Gasteiger partial charge in [-0.1, -0.05) is 0 Å². The molecule has 0 amide bonds. The van der Waals surface area contributed by atoms with Crippen LogP contribution in [0, 0.1) is 10.1 Å². The first-order chi connectivity index (χ1) is 9.73. The van der Waals surface area contributed by atoms with Crippen LogP contribution in [0.3, 0.4) is 0 Å². The number of aromatic amines is 1. The van der Waals surface area contributed by atoms with Gasteiger partial charge in [0.05, 0.1) is 11.1 Å². The third-order valence-corrected chi connectivity index (χ3v) is 2.90. The second kappa shape index (κ2) is 5.08. The van der Waals surface area contributed by atoms with E-state index in [1.165, 1.54) is 0 Å². The SMILES string of the molecule is O=C(O)[C@@H]1O[C@H](n2cc([N+](=O)[O-])c(=O)[nH]c2=O)[C@@H](O)[C@@H]1O. The Balaban J connectivity index is 2.50. The molecule has 0 spiro atoms. The Kier molecular flexibility index (Phi) is 3.59. The van der Waals surface area contributed by atoms with Crippen molar-refractivity contribution in [1.82, 2.24) is 9.55 Å². The number of aliphatic hydroxyl groups is 2. The first-order valence-corrected chi connectivity index (χ1v) is 5.48. The number of ether oxygens (including phenoxy) is 1. The maximum Gasteiger partial charge on any atom is 0.350 e. The third kappa shape index (κ3) is 2.42. The Hall–Kier alpha value is -2.57. The monoisotopic (exact) mass is 303 g/mol.